The van der Waals surface area contributed by atoms with Gasteiger partial charge < -0.3 is 29.7 Å². The van der Waals surface area contributed by atoms with Crippen molar-refractivity contribution in [2.24, 2.45) is 5.92 Å². The summed E-state index contributed by atoms with van der Waals surface area (Å²) in [5, 5.41) is 38.2. The predicted molar refractivity (Wildman–Crippen MR) is 90.0 cm³/mol. The van der Waals surface area contributed by atoms with Gasteiger partial charge in [-0.25, -0.2) is 10.1 Å². The molecule has 8 heteroatoms. The number of benzene rings is 1. The molecule has 1 aromatic carbocycles. The zero-order valence-electron chi connectivity index (χ0n) is 14.7. The van der Waals surface area contributed by atoms with Crippen LogP contribution in [0, 0.1) is 5.92 Å². The summed E-state index contributed by atoms with van der Waals surface area (Å²) in [4.78, 5) is 16.3. The summed E-state index contributed by atoms with van der Waals surface area (Å²) >= 11 is 0. The molecule has 0 radical (unpaired) electrons. The fourth-order valence-electron chi connectivity index (χ4n) is 3.04. The highest BCUT2D eigenvalue weighted by molar-refractivity contribution is 5.90. The second kappa shape index (κ2) is 8.50. The molecule has 0 aliphatic carbocycles. The van der Waals surface area contributed by atoms with Crippen molar-refractivity contribution in [1.82, 2.24) is 0 Å². The molecule has 0 unspecified atom stereocenters. The molecule has 1 aliphatic heterocycles. The highest BCUT2D eigenvalue weighted by Crippen LogP contribution is 2.42. The van der Waals surface area contributed by atoms with Gasteiger partial charge in [-0.3, -0.25) is 0 Å². The first-order valence-corrected chi connectivity index (χ1v) is 8.34. The molecule has 0 fully saturated rings. The Morgan fingerprint density at radius 1 is 1.23 bits per heavy atom. The average molecular weight is 368 g/mol. The fourth-order valence-corrected chi connectivity index (χ4v) is 3.04. The number of cyclic esters (lactones) is 1. The minimum atomic E-state index is -1.70. The number of carbonyl (C=O) groups is 1. The Bertz CT molecular complexity index is 669. The van der Waals surface area contributed by atoms with Crippen molar-refractivity contribution in [3.63, 3.8) is 0 Å². The number of carbonyl (C=O) groups excluding carboxylic acids is 1. The normalized spacial score (nSPS) is 21.1. The Morgan fingerprint density at radius 2 is 1.92 bits per heavy atom. The van der Waals surface area contributed by atoms with Crippen LogP contribution in [0.3, 0.4) is 0 Å². The van der Waals surface area contributed by atoms with Crippen molar-refractivity contribution in [3.05, 3.63) is 41.3 Å². The van der Waals surface area contributed by atoms with E-state index in [4.69, 9.17) is 14.7 Å². The molecule has 4 N–H and O–H groups in total. The predicted octanol–water partition coefficient (Wildman–Crippen LogP) is 0.996. The van der Waals surface area contributed by atoms with Gasteiger partial charge in [0.25, 0.3) is 5.76 Å². The van der Waals surface area contributed by atoms with Gasteiger partial charge in [-0.05, 0) is 30.4 Å². The lowest BCUT2D eigenvalue weighted by Gasteiger charge is -2.34. The van der Waals surface area contributed by atoms with Crippen molar-refractivity contribution < 1.29 is 39.7 Å². The first kappa shape index (κ1) is 20.2. The maximum Gasteiger partial charge on any atom is 0.382 e. The van der Waals surface area contributed by atoms with E-state index in [1.165, 1.54) is 0 Å². The van der Waals surface area contributed by atoms with Crippen molar-refractivity contribution in [2.45, 2.75) is 38.4 Å². The summed E-state index contributed by atoms with van der Waals surface area (Å²) in [6.45, 7) is 2.88. The summed E-state index contributed by atoms with van der Waals surface area (Å²) in [5.74, 6) is -1.55. The molecule has 0 saturated heterocycles. The number of hydrogen-bond acceptors (Lipinski definition) is 8. The standard InChI is InChI=1S/C18H24O8/c1-11(2)9-18(14(21)10-20)16(15(26-23)17(22)25-18)24-13-6-4-3-5-12(13)7-8-19/h3-6,11,14,19-21,23H,7-10H2,1-2H3/t14-,18+/m0/s1. The minimum absolute atomic E-state index is 0.0478. The second-order valence-electron chi connectivity index (χ2n) is 6.51. The van der Waals surface area contributed by atoms with Gasteiger partial charge in [0.15, 0.2) is 0 Å². The summed E-state index contributed by atoms with van der Waals surface area (Å²) < 4.78 is 11.2. The summed E-state index contributed by atoms with van der Waals surface area (Å²) in [6.07, 6.45) is -1.06. The van der Waals surface area contributed by atoms with Crippen LogP contribution in [0.15, 0.2) is 35.8 Å². The van der Waals surface area contributed by atoms with E-state index in [-0.39, 0.29) is 24.7 Å². The molecule has 1 heterocycles. The first-order chi connectivity index (χ1) is 12.4. The summed E-state index contributed by atoms with van der Waals surface area (Å²) in [6, 6.07) is 6.80. The number of rotatable bonds is 9. The van der Waals surface area contributed by atoms with Gasteiger partial charge in [0, 0.05) is 6.61 Å². The molecular weight excluding hydrogens is 344 g/mol. The van der Waals surface area contributed by atoms with Gasteiger partial charge in [-0.1, -0.05) is 32.0 Å². The van der Waals surface area contributed by atoms with E-state index in [0.717, 1.165) is 0 Å². The van der Waals surface area contributed by atoms with Gasteiger partial charge in [-0.15, -0.1) is 0 Å². The van der Waals surface area contributed by atoms with E-state index in [1.54, 1.807) is 24.3 Å². The zero-order valence-corrected chi connectivity index (χ0v) is 14.7. The van der Waals surface area contributed by atoms with Crippen LogP contribution in [0.4, 0.5) is 0 Å². The Labute approximate surface area is 151 Å². The van der Waals surface area contributed by atoms with E-state index in [1.807, 2.05) is 13.8 Å². The molecule has 2 atom stereocenters. The first-order valence-electron chi connectivity index (χ1n) is 8.34. The molecule has 0 spiro atoms. The van der Waals surface area contributed by atoms with Crippen molar-refractivity contribution >= 4 is 5.97 Å². The van der Waals surface area contributed by atoms with E-state index >= 15 is 0 Å². The molecule has 1 aliphatic rings. The van der Waals surface area contributed by atoms with Crippen LogP contribution < -0.4 is 4.74 Å². The van der Waals surface area contributed by atoms with E-state index in [9.17, 15) is 20.1 Å². The molecule has 0 bridgehead atoms. The average Bonchev–Trinajstić information content (AvgIpc) is 2.87. The van der Waals surface area contributed by atoms with Gasteiger partial charge in [-0.2, -0.15) is 0 Å². The number of aliphatic hydroxyl groups excluding tert-OH is 3. The molecule has 1 aromatic rings. The molecule has 0 amide bonds. The minimum Gasteiger partial charge on any atom is -0.453 e. The van der Waals surface area contributed by atoms with E-state index < -0.39 is 30.0 Å². The van der Waals surface area contributed by atoms with Gasteiger partial charge in [0.05, 0.1) is 6.61 Å². The van der Waals surface area contributed by atoms with E-state index in [2.05, 4.69) is 4.89 Å². The Hall–Kier alpha value is -2.13. The van der Waals surface area contributed by atoms with Crippen molar-refractivity contribution in [2.75, 3.05) is 13.2 Å². The molecule has 26 heavy (non-hydrogen) atoms. The molecule has 144 valence electrons. The zero-order chi connectivity index (χ0) is 19.3. The molecular formula is C18H24O8. The van der Waals surface area contributed by atoms with Crippen LogP contribution in [-0.2, 0) is 20.8 Å². The molecule has 0 saturated carbocycles. The van der Waals surface area contributed by atoms with Crippen LogP contribution >= 0.6 is 0 Å². The van der Waals surface area contributed by atoms with Crippen molar-refractivity contribution in [3.8, 4) is 5.75 Å². The van der Waals surface area contributed by atoms with Gasteiger partial charge in [0.2, 0.25) is 11.4 Å². The lowest BCUT2D eigenvalue weighted by atomic mass is 9.85. The SMILES string of the molecule is CC(C)C[C@]1([C@@H](O)CO)OC(=O)C(OO)=C1Oc1ccccc1CCO. The maximum absolute atomic E-state index is 12.2. The highest BCUT2D eigenvalue weighted by atomic mass is 17.1. The maximum atomic E-state index is 12.2. The highest BCUT2D eigenvalue weighted by Gasteiger charge is 2.56. The van der Waals surface area contributed by atoms with Crippen LogP contribution in [-0.4, -0.2) is 51.5 Å². The van der Waals surface area contributed by atoms with Crippen LogP contribution in [0.1, 0.15) is 25.8 Å². The van der Waals surface area contributed by atoms with Gasteiger partial charge >= 0.3 is 5.97 Å². The van der Waals surface area contributed by atoms with Crippen molar-refractivity contribution in [1.29, 1.82) is 0 Å². The number of hydrogen-bond donors (Lipinski definition) is 4. The number of esters is 1. The Kier molecular flexibility index (Phi) is 6.60. The monoisotopic (exact) mass is 368 g/mol. The van der Waals surface area contributed by atoms with Crippen LogP contribution in [0.25, 0.3) is 0 Å². The molecule has 0 aromatic heterocycles. The summed E-state index contributed by atoms with van der Waals surface area (Å²) in [7, 11) is 0. The third-order valence-electron chi connectivity index (χ3n) is 4.13. The topological polar surface area (TPSA) is 126 Å². The van der Waals surface area contributed by atoms with Crippen LogP contribution in [0.2, 0.25) is 0 Å². The lowest BCUT2D eigenvalue weighted by molar-refractivity contribution is -0.211. The number of ether oxygens (including phenoxy) is 2. The molecule has 2 rings (SSSR count). The van der Waals surface area contributed by atoms with Crippen LogP contribution in [0.5, 0.6) is 5.75 Å². The molecule has 8 nitrogen and oxygen atoms in total. The quantitative estimate of drug-likeness (QED) is 0.289. The Morgan fingerprint density at radius 3 is 2.50 bits per heavy atom. The van der Waals surface area contributed by atoms with Gasteiger partial charge in [0.1, 0.15) is 11.9 Å². The largest absolute Gasteiger partial charge is 0.453 e. The summed E-state index contributed by atoms with van der Waals surface area (Å²) in [5.41, 5.74) is -1.05. The lowest BCUT2D eigenvalue weighted by Crippen LogP contribution is -2.49. The Balaban J connectivity index is 2.54. The number of para-hydroxylation sites is 1. The smallest absolute Gasteiger partial charge is 0.382 e. The van der Waals surface area contributed by atoms with E-state index in [0.29, 0.717) is 17.7 Å². The third-order valence-corrected chi connectivity index (χ3v) is 4.13. The third kappa shape index (κ3) is 3.83. The second-order valence-corrected chi connectivity index (χ2v) is 6.51. The fraction of sp³-hybridized carbons (Fsp3) is 0.500. The number of aliphatic hydroxyl groups is 3.